The van der Waals surface area contributed by atoms with Crippen molar-refractivity contribution in [2.75, 3.05) is 0 Å². The third kappa shape index (κ3) is 2.83. The standard InChI is InChI=1S/C12H9N3O4/c16-10-5-2-6-11(17)12(10)14-13-8-3-1-4-9(7-8)15(18)19/h1-7,16-17H. The molecule has 0 saturated carbocycles. The molecule has 0 atom stereocenters. The van der Waals surface area contributed by atoms with Crippen LogP contribution in [0.2, 0.25) is 0 Å². The van der Waals surface area contributed by atoms with E-state index >= 15 is 0 Å². The predicted octanol–water partition coefficient (Wildman–Crippen LogP) is 3.42. The molecule has 0 amide bonds. The number of hydrogen-bond acceptors (Lipinski definition) is 6. The average Bonchev–Trinajstić information content (AvgIpc) is 2.38. The van der Waals surface area contributed by atoms with Crippen molar-refractivity contribution >= 4 is 17.1 Å². The first kappa shape index (κ1) is 12.5. The van der Waals surface area contributed by atoms with Crippen LogP contribution in [0.3, 0.4) is 0 Å². The van der Waals surface area contributed by atoms with Crippen LogP contribution in [-0.2, 0) is 0 Å². The van der Waals surface area contributed by atoms with Gasteiger partial charge in [-0.2, -0.15) is 5.11 Å². The minimum atomic E-state index is -0.545. The first-order valence-corrected chi connectivity index (χ1v) is 5.25. The molecular formula is C12H9N3O4. The molecular weight excluding hydrogens is 250 g/mol. The second kappa shape index (κ2) is 5.13. The fraction of sp³-hybridized carbons (Fsp3) is 0. The van der Waals surface area contributed by atoms with E-state index in [1.165, 1.54) is 42.5 Å². The van der Waals surface area contributed by atoms with Gasteiger partial charge in [0.2, 0.25) is 0 Å². The lowest BCUT2D eigenvalue weighted by Gasteiger charge is -1.99. The highest BCUT2D eigenvalue weighted by atomic mass is 16.6. The number of nitro benzene ring substituents is 1. The minimum Gasteiger partial charge on any atom is -0.505 e. The number of phenolic OH excluding ortho intramolecular Hbond substituents is 2. The Balaban J connectivity index is 2.33. The summed E-state index contributed by atoms with van der Waals surface area (Å²) >= 11 is 0. The molecule has 2 aromatic carbocycles. The summed E-state index contributed by atoms with van der Waals surface area (Å²) in [6.45, 7) is 0. The van der Waals surface area contributed by atoms with E-state index in [1.54, 1.807) is 0 Å². The van der Waals surface area contributed by atoms with E-state index in [1.807, 2.05) is 0 Å². The van der Waals surface area contributed by atoms with Crippen LogP contribution < -0.4 is 0 Å². The van der Waals surface area contributed by atoms with Crippen molar-refractivity contribution in [2.24, 2.45) is 10.2 Å². The molecule has 0 bridgehead atoms. The first-order valence-electron chi connectivity index (χ1n) is 5.25. The van der Waals surface area contributed by atoms with Crippen LogP contribution in [0.1, 0.15) is 0 Å². The number of hydrogen-bond donors (Lipinski definition) is 2. The molecule has 2 N–H and O–H groups in total. The summed E-state index contributed by atoms with van der Waals surface area (Å²) < 4.78 is 0. The fourth-order valence-corrected chi connectivity index (χ4v) is 1.40. The van der Waals surface area contributed by atoms with Crippen molar-refractivity contribution in [2.45, 2.75) is 0 Å². The topological polar surface area (TPSA) is 108 Å². The Morgan fingerprint density at radius 2 is 1.63 bits per heavy atom. The van der Waals surface area contributed by atoms with Crippen molar-refractivity contribution in [1.82, 2.24) is 0 Å². The maximum Gasteiger partial charge on any atom is 0.271 e. The number of azo groups is 1. The van der Waals surface area contributed by atoms with E-state index in [-0.39, 0.29) is 28.6 Å². The molecule has 0 aromatic heterocycles. The SMILES string of the molecule is O=[N+]([O-])c1cccc(N=Nc2c(O)cccc2O)c1. The quantitative estimate of drug-likeness (QED) is 0.500. The third-order valence-electron chi connectivity index (χ3n) is 2.30. The van der Waals surface area contributed by atoms with E-state index in [0.717, 1.165) is 0 Å². The van der Waals surface area contributed by atoms with Gasteiger partial charge in [-0.1, -0.05) is 12.1 Å². The highest BCUT2D eigenvalue weighted by molar-refractivity contribution is 5.60. The van der Waals surface area contributed by atoms with Crippen molar-refractivity contribution in [3.05, 3.63) is 52.6 Å². The molecule has 7 heteroatoms. The van der Waals surface area contributed by atoms with Crippen LogP contribution in [0.4, 0.5) is 17.1 Å². The van der Waals surface area contributed by atoms with E-state index in [4.69, 9.17) is 0 Å². The molecule has 2 rings (SSSR count). The molecule has 0 aliphatic rings. The smallest absolute Gasteiger partial charge is 0.271 e. The Bertz CT molecular complexity index is 635. The van der Waals surface area contributed by atoms with Crippen LogP contribution in [0, 0.1) is 10.1 Å². The highest BCUT2D eigenvalue weighted by Gasteiger charge is 2.07. The summed E-state index contributed by atoms with van der Waals surface area (Å²) in [6.07, 6.45) is 0. The molecule has 96 valence electrons. The average molecular weight is 259 g/mol. The Morgan fingerprint density at radius 3 is 2.26 bits per heavy atom. The second-order valence-electron chi connectivity index (χ2n) is 3.62. The zero-order valence-electron chi connectivity index (χ0n) is 9.59. The molecule has 7 nitrogen and oxygen atoms in total. The molecule has 0 fully saturated rings. The Hall–Kier alpha value is -2.96. The lowest BCUT2D eigenvalue weighted by atomic mass is 10.3. The zero-order valence-corrected chi connectivity index (χ0v) is 9.59. The Labute approximate surface area is 107 Å². The minimum absolute atomic E-state index is 0.0889. The number of non-ortho nitro benzene ring substituents is 1. The first-order chi connectivity index (χ1) is 9.08. The summed E-state index contributed by atoms with van der Waals surface area (Å²) in [5.41, 5.74) is 0.0452. The van der Waals surface area contributed by atoms with Crippen LogP contribution in [0.25, 0.3) is 0 Å². The summed E-state index contributed by atoms with van der Waals surface area (Å²) in [6, 6.07) is 9.71. The van der Waals surface area contributed by atoms with Crippen molar-refractivity contribution in [3.8, 4) is 11.5 Å². The van der Waals surface area contributed by atoms with Crippen LogP contribution in [0.15, 0.2) is 52.7 Å². The molecule has 0 unspecified atom stereocenters. The third-order valence-corrected chi connectivity index (χ3v) is 2.30. The lowest BCUT2D eigenvalue weighted by molar-refractivity contribution is -0.384. The van der Waals surface area contributed by atoms with E-state index in [2.05, 4.69) is 10.2 Å². The lowest BCUT2D eigenvalue weighted by Crippen LogP contribution is -1.85. The monoisotopic (exact) mass is 259 g/mol. The molecule has 2 aromatic rings. The van der Waals surface area contributed by atoms with Gasteiger partial charge in [-0.15, -0.1) is 5.11 Å². The van der Waals surface area contributed by atoms with E-state index in [0.29, 0.717) is 0 Å². The molecule has 0 heterocycles. The number of nitro groups is 1. The van der Waals surface area contributed by atoms with Crippen molar-refractivity contribution in [1.29, 1.82) is 0 Å². The summed E-state index contributed by atoms with van der Waals surface area (Å²) in [7, 11) is 0. The Morgan fingerprint density at radius 1 is 1.00 bits per heavy atom. The van der Waals surface area contributed by atoms with Gasteiger partial charge in [0.15, 0.2) is 5.69 Å². The van der Waals surface area contributed by atoms with Gasteiger partial charge in [0.25, 0.3) is 5.69 Å². The van der Waals surface area contributed by atoms with Gasteiger partial charge in [-0.3, -0.25) is 10.1 Å². The van der Waals surface area contributed by atoms with Gasteiger partial charge in [-0.05, 0) is 18.2 Å². The zero-order chi connectivity index (χ0) is 13.8. The van der Waals surface area contributed by atoms with Crippen LogP contribution >= 0.6 is 0 Å². The molecule has 0 aliphatic carbocycles. The van der Waals surface area contributed by atoms with Crippen molar-refractivity contribution < 1.29 is 15.1 Å². The van der Waals surface area contributed by atoms with Crippen LogP contribution in [-0.4, -0.2) is 15.1 Å². The summed E-state index contributed by atoms with van der Waals surface area (Å²) in [5.74, 6) is -0.455. The number of benzene rings is 2. The van der Waals surface area contributed by atoms with E-state index < -0.39 is 4.92 Å². The number of nitrogens with zero attached hydrogens (tertiary/aromatic N) is 3. The maximum atomic E-state index is 10.6. The number of phenols is 2. The van der Waals surface area contributed by atoms with E-state index in [9.17, 15) is 20.3 Å². The molecule has 0 aliphatic heterocycles. The van der Waals surface area contributed by atoms with Gasteiger partial charge in [0.05, 0.1) is 10.6 Å². The van der Waals surface area contributed by atoms with Gasteiger partial charge < -0.3 is 10.2 Å². The molecule has 19 heavy (non-hydrogen) atoms. The largest absolute Gasteiger partial charge is 0.505 e. The molecule has 0 spiro atoms. The molecule has 0 saturated heterocycles. The maximum absolute atomic E-state index is 10.6. The van der Waals surface area contributed by atoms with Crippen molar-refractivity contribution in [3.63, 3.8) is 0 Å². The number of aromatic hydroxyl groups is 2. The molecule has 0 radical (unpaired) electrons. The van der Waals surface area contributed by atoms with Gasteiger partial charge >= 0.3 is 0 Å². The van der Waals surface area contributed by atoms with Gasteiger partial charge in [0, 0.05) is 12.1 Å². The predicted molar refractivity (Wildman–Crippen MR) is 67.0 cm³/mol. The summed E-state index contributed by atoms with van der Waals surface area (Å²) in [4.78, 5) is 10.0. The van der Waals surface area contributed by atoms with Crippen LogP contribution in [0.5, 0.6) is 11.5 Å². The normalized spacial score (nSPS) is 10.7. The highest BCUT2D eigenvalue weighted by Crippen LogP contribution is 2.36. The second-order valence-corrected chi connectivity index (χ2v) is 3.62. The fourth-order valence-electron chi connectivity index (χ4n) is 1.40. The Kier molecular flexibility index (Phi) is 3.37. The van der Waals surface area contributed by atoms with Gasteiger partial charge in [0.1, 0.15) is 11.5 Å². The summed E-state index contributed by atoms with van der Waals surface area (Å²) in [5, 5.41) is 37.0. The number of rotatable bonds is 3. The van der Waals surface area contributed by atoms with Gasteiger partial charge in [-0.25, -0.2) is 0 Å².